The molecule has 0 atom stereocenters. The molecule has 0 radical (unpaired) electrons. The predicted molar refractivity (Wildman–Crippen MR) is 84.0 cm³/mol. The molecule has 3 rings (SSSR count). The lowest BCUT2D eigenvalue weighted by Gasteiger charge is -2.10. The number of benzene rings is 2. The van der Waals surface area contributed by atoms with Crippen LogP contribution >= 0.6 is 11.6 Å². The SMILES string of the molecule is COc1ccc2c(=O)n(C)c(-c3cccc(Cl)c3)nc2c1. The number of halogens is 1. The molecule has 4 nitrogen and oxygen atoms in total. The fourth-order valence-electron chi connectivity index (χ4n) is 2.26. The molecule has 0 unspecified atom stereocenters. The van der Waals surface area contributed by atoms with E-state index in [4.69, 9.17) is 16.3 Å². The number of ether oxygens (including phenoxy) is 1. The van der Waals surface area contributed by atoms with E-state index in [1.807, 2.05) is 12.1 Å². The predicted octanol–water partition coefficient (Wildman–Crippen LogP) is 3.26. The Balaban J connectivity index is 2.33. The van der Waals surface area contributed by atoms with E-state index in [1.54, 1.807) is 44.5 Å². The molecule has 1 heterocycles. The van der Waals surface area contributed by atoms with Crippen molar-refractivity contribution in [1.82, 2.24) is 9.55 Å². The van der Waals surface area contributed by atoms with Gasteiger partial charge in [-0.25, -0.2) is 4.98 Å². The Morgan fingerprint density at radius 2 is 2.00 bits per heavy atom. The minimum absolute atomic E-state index is 0.0994. The Morgan fingerprint density at radius 1 is 1.19 bits per heavy atom. The van der Waals surface area contributed by atoms with Gasteiger partial charge in [-0.15, -0.1) is 0 Å². The van der Waals surface area contributed by atoms with Gasteiger partial charge in [-0.2, -0.15) is 0 Å². The summed E-state index contributed by atoms with van der Waals surface area (Å²) in [6, 6.07) is 12.5. The summed E-state index contributed by atoms with van der Waals surface area (Å²) in [7, 11) is 3.29. The maximum Gasteiger partial charge on any atom is 0.261 e. The van der Waals surface area contributed by atoms with Gasteiger partial charge < -0.3 is 4.74 Å². The van der Waals surface area contributed by atoms with Crippen molar-refractivity contribution in [3.8, 4) is 17.1 Å². The smallest absolute Gasteiger partial charge is 0.261 e. The van der Waals surface area contributed by atoms with E-state index in [9.17, 15) is 4.79 Å². The van der Waals surface area contributed by atoms with E-state index in [-0.39, 0.29) is 5.56 Å². The first-order valence-electron chi connectivity index (χ1n) is 6.41. The van der Waals surface area contributed by atoms with E-state index >= 15 is 0 Å². The Kier molecular flexibility index (Phi) is 3.39. The summed E-state index contributed by atoms with van der Waals surface area (Å²) in [6.07, 6.45) is 0. The fourth-order valence-corrected chi connectivity index (χ4v) is 2.45. The minimum atomic E-state index is -0.0994. The molecule has 5 heteroatoms. The molecule has 2 aromatic carbocycles. The van der Waals surface area contributed by atoms with E-state index < -0.39 is 0 Å². The summed E-state index contributed by atoms with van der Waals surface area (Å²) < 4.78 is 6.72. The van der Waals surface area contributed by atoms with Crippen molar-refractivity contribution in [2.45, 2.75) is 0 Å². The maximum atomic E-state index is 12.5. The number of nitrogens with zero attached hydrogens (tertiary/aromatic N) is 2. The number of rotatable bonds is 2. The number of aromatic nitrogens is 2. The highest BCUT2D eigenvalue weighted by Crippen LogP contribution is 2.23. The van der Waals surface area contributed by atoms with Gasteiger partial charge in [0, 0.05) is 23.7 Å². The average molecular weight is 301 g/mol. The fraction of sp³-hybridized carbons (Fsp3) is 0.125. The second kappa shape index (κ2) is 5.22. The molecular formula is C16H13ClN2O2. The van der Waals surface area contributed by atoms with Crippen LogP contribution in [0.2, 0.25) is 5.02 Å². The van der Waals surface area contributed by atoms with Crippen LogP contribution in [0.3, 0.4) is 0 Å². The van der Waals surface area contributed by atoms with Crippen molar-refractivity contribution in [3.63, 3.8) is 0 Å². The zero-order valence-corrected chi connectivity index (χ0v) is 12.4. The zero-order chi connectivity index (χ0) is 15.0. The number of hydrogen-bond acceptors (Lipinski definition) is 3. The van der Waals surface area contributed by atoms with Crippen molar-refractivity contribution in [3.05, 3.63) is 57.8 Å². The monoisotopic (exact) mass is 300 g/mol. The third kappa shape index (κ3) is 2.38. The molecular weight excluding hydrogens is 288 g/mol. The first-order valence-corrected chi connectivity index (χ1v) is 6.78. The molecule has 0 saturated heterocycles. The molecule has 1 aromatic heterocycles. The van der Waals surface area contributed by atoms with E-state index in [1.165, 1.54) is 4.57 Å². The van der Waals surface area contributed by atoms with Crippen LogP contribution in [0, 0.1) is 0 Å². The average Bonchev–Trinajstić information content (AvgIpc) is 2.50. The Morgan fingerprint density at radius 3 is 2.71 bits per heavy atom. The van der Waals surface area contributed by atoms with Gasteiger partial charge in [0.2, 0.25) is 0 Å². The molecule has 0 spiro atoms. The molecule has 0 aliphatic heterocycles. The Bertz CT molecular complexity index is 887. The lowest BCUT2D eigenvalue weighted by atomic mass is 10.2. The van der Waals surface area contributed by atoms with Gasteiger partial charge in [0.1, 0.15) is 11.6 Å². The highest BCUT2D eigenvalue weighted by Gasteiger charge is 2.11. The molecule has 0 bridgehead atoms. The molecule has 0 saturated carbocycles. The standard InChI is InChI=1S/C16H13ClN2O2/c1-19-15(10-4-3-5-11(17)8-10)18-14-9-12(21-2)6-7-13(14)16(19)20/h3-9H,1-2H3. The third-order valence-electron chi connectivity index (χ3n) is 3.37. The molecule has 106 valence electrons. The maximum absolute atomic E-state index is 12.5. The van der Waals surface area contributed by atoms with Crippen LogP contribution in [-0.4, -0.2) is 16.7 Å². The van der Waals surface area contributed by atoms with Gasteiger partial charge >= 0.3 is 0 Å². The Labute approximate surface area is 126 Å². The molecule has 0 amide bonds. The summed E-state index contributed by atoms with van der Waals surface area (Å²) in [4.78, 5) is 17.0. The van der Waals surface area contributed by atoms with Crippen molar-refractivity contribution in [2.75, 3.05) is 7.11 Å². The lowest BCUT2D eigenvalue weighted by Crippen LogP contribution is -2.20. The van der Waals surface area contributed by atoms with Crippen LogP contribution in [-0.2, 0) is 7.05 Å². The zero-order valence-electron chi connectivity index (χ0n) is 11.6. The van der Waals surface area contributed by atoms with Crippen LogP contribution in [0.5, 0.6) is 5.75 Å². The highest BCUT2D eigenvalue weighted by atomic mass is 35.5. The molecule has 0 aliphatic carbocycles. The van der Waals surface area contributed by atoms with Gasteiger partial charge in [0.25, 0.3) is 5.56 Å². The summed E-state index contributed by atoms with van der Waals surface area (Å²) in [6.45, 7) is 0. The van der Waals surface area contributed by atoms with Gasteiger partial charge in [0.15, 0.2) is 0 Å². The van der Waals surface area contributed by atoms with Crippen molar-refractivity contribution in [2.24, 2.45) is 7.05 Å². The first-order chi connectivity index (χ1) is 10.1. The van der Waals surface area contributed by atoms with Crippen molar-refractivity contribution >= 4 is 22.5 Å². The molecule has 0 aliphatic rings. The lowest BCUT2D eigenvalue weighted by molar-refractivity contribution is 0.415. The van der Waals surface area contributed by atoms with Crippen LogP contribution in [0.4, 0.5) is 0 Å². The summed E-state index contributed by atoms with van der Waals surface area (Å²) in [5, 5.41) is 1.16. The van der Waals surface area contributed by atoms with Gasteiger partial charge in [-0.05, 0) is 24.3 Å². The van der Waals surface area contributed by atoms with Crippen LogP contribution < -0.4 is 10.3 Å². The van der Waals surface area contributed by atoms with Gasteiger partial charge in [-0.1, -0.05) is 23.7 Å². The second-order valence-electron chi connectivity index (χ2n) is 4.69. The van der Waals surface area contributed by atoms with E-state index in [2.05, 4.69) is 4.98 Å². The largest absolute Gasteiger partial charge is 0.497 e. The number of fused-ring (bicyclic) bond motifs is 1. The summed E-state index contributed by atoms with van der Waals surface area (Å²) >= 11 is 6.02. The van der Waals surface area contributed by atoms with Crippen molar-refractivity contribution in [1.29, 1.82) is 0 Å². The van der Waals surface area contributed by atoms with Crippen LogP contribution in [0.15, 0.2) is 47.3 Å². The molecule has 3 aromatic rings. The number of methoxy groups -OCH3 is 1. The third-order valence-corrected chi connectivity index (χ3v) is 3.60. The quantitative estimate of drug-likeness (QED) is 0.729. The van der Waals surface area contributed by atoms with E-state index in [0.717, 1.165) is 5.56 Å². The summed E-state index contributed by atoms with van der Waals surface area (Å²) in [5.74, 6) is 1.24. The first kappa shape index (κ1) is 13.6. The molecule has 0 fully saturated rings. The summed E-state index contributed by atoms with van der Waals surface area (Å²) in [5.41, 5.74) is 1.30. The van der Waals surface area contributed by atoms with Crippen LogP contribution in [0.1, 0.15) is 0 Å². The van der Waals surface area contributed by atoms with Crippen LogP contribution in [0.25, 0.3) is 22.3 Å². The van der Waals surface area contributed by atoms with Crippen molar-refractivity contribution < 1.29 is 4.74 Å². The second-order valence-corrected chi connectivity index (χ2v) is 5.13. The highest BCUT2D eigenvalue weighted by molar-refractivity contribution is 6.30. The normalized spacial score (nSPS) is 10.8. The Hall–Kier alpha value is -2.33. The minimum Gasteiger partial charge on any atom is -0.497 e. The molecule has 0 N–H and O–H groups in total. The number of hydrogen-bond donors (Lipinski definition) is 0. The van der Waals surface area contributed by atoms with Gasteiger partial charge in [-0.3, -0.25) is 9.36 Å². The van der Waals surface area contributed by atoms with Gasteiger partial charge in [0.05, 0.1) is 18.0 Å². The molecule has 21 heavy (non-hydrogen) atoms. The topological polar surface area (TPSA) is 44.1 Å². The van der Waals surface area contributed by atoms with E-state index in [0.29, 0.717) is 27.5 Å².